The standard InChI is InChI=1S/C14H25N5.C2H6/c1-11(16-12(2)18(4)5)17-13(3)19(6)10-14-8-7-9-15-14;1-2/h7-9,11,15H,10H2,1-6H3;1-2H3/b16-12+,17-13+;. The Morgan fingerprint density at radius 3 is 2.19 bits per heavy atom. The molecule has 0 saturated heterocycles. The van der Waals surface area contributed by atoms with E-state index in [0.29, 0.717) is 0 Å². The Kier molecular flexibility index (Phi) is 9.17. The molecular formula is C16H31N5. The van der Waals surface area contributed by atoms with Crippen LogP contribution in [0.25, 0.3) is 0 Å². The van der Waals surface area contributed by atoms with Crippen molar-refractivity contribution in [2.24, 2.45) is 9.98 Å². The maximum absolute atomic E-state index is 4.59. The number of H-pyrrole nitrogens is 1. The molecule has 0 radical (unpaired) electrons. The van der Waals surface area contributed by atoms with E-state index in [1.54, 1.807) is 0 Å². The summed E-state index contributed by atoms with van der Waals surface area (Å²) in [5, 5.41) is 0. The molecule has 120 valence electrons. The summed E-state index contributed by atoms with van der Waals surface area (Å²) in [5.74, 6) is 1.97. The predicted octanol–water partition coefficient (Wildman–Crippen LogP) is 3.22. The molecule has 0 aliphatic heterocycles. The van der Waals surface area contributed by atoms with Crippen molar-refractivity contribution in [1.82, 2.24) is 14.8 Å². The number of aromatic amines is 1. The van der Waals surface area contributed by atoms with Gasteiger partial charge in [-0.1, -0.05) is 13.8 Å². The van der Waals surface area contributed by atoms with Crippen LogP contribution in [0.1, 0.15) is 40.3 Å². The van der Waals surface area contributed by atoms with Crippen molar-refractivity contribution in [2.45, 2.75) is 47.3 Å². The summed E-state index contributed by atoms with van der Waals surface area (Å²) in [6.45, 7) is 10.8. The number of rotatable bonds is 4. The normalized spacial score (nSPS) is 13.3. The van der Waals surface area contributed by atoms with Crippen molar-refractivity contribution in [3.05, 3.63) is 24.0 Å². The highest BCUT2D eigenvalue weighted by atomic mass is 15.2. The molecule has 0 aliphatic carbocycles. The molecule has 21 heavy (non-hydrogen) atoms. The minimum Gasteiger partial charge on any atom is -0.367 e. The number of aliphatic imine (C=N–C) groups is 2. The number of hydrogen-bond donors (Lipinski definition) is 1. The second-order valence-corrected chi connectivity index (χ2v) is 4.93. The van der Waals surface area contributed by atoms with Crippen LogP contribution in [-0.4, -0.2) is 53.8 Å². The molecule has 5 heteroatoms. The van der Waals surface area contributed by atoms with Gasteiger partial charge in [-0.15, -0.1) is 0 Å². The third-order valence-corrected chi connectivity index (χ3v) is 3.02. The molecule has 1 rings (SSSR count). The largest absolute Gasteiger partial charge is 0.367 e. The topological polar surface area (TPSA) is 47.0 Å². The van der Waals surface area contributed by atoms with Gasteiger partial charge in [0.15, 0.2) is 0 Å². The summed E-state index contributed by atoms with van der Waals surface area (Å²) < 4.78 is 0. The van der Waals surface area contributed by atoms with Gasteiger partial charge >= 0.3 is 0 Å². The van der Waals surface area contributed by atoms with Crippen molar-refractivity contribution >= 4 is 11.7 Å². The monoisotopic (exact) mass is 293 g/mol. The minimum absolute atomic E-state index is 0.0616. The van der Waals surface area contributed by atoms with Gasteiger partial charge in [0, 0.05) is 33.0 Å². The lowest BCUT2D eigenvalue weighted by Gasteiger charge is -2.19. The van der Waals surface area contributed by atoms with Crippen molar-refractivity contribution in [1.29, 1.82) is 0 Å². The van der Waals surface area contributed by atoms with Crippen LogP contribution >= 0.6 is 0 Å². The van der Waals surface area contributed by atoms with E-state index in [0.717, 1.165) is 18.2 Å². The molecule has 1 N–H and O–H groups in total. The lowest BCUT2D eigenvalue weighted by Crippen LogP contribution is -2.25. The van der Waals surface area contributed by atoms with Crippen LogP contribution in [0, 0.1) is 0 Å². The van der Waals surface area contributed by atoms with E-state index in [-0.39, 0.29) is 6.17 Å². The van der Waals surface area contributed by atoms with Gasteiger partial charge in [0.25, 0.3) is 0 Å². The number of amidine groups is 2. The van der Waals surface area contributed by atoms with Gasteiger partial charge in [-0.05, 0) is 32.9 Å². The summed E-state index contributed by atoms with van der Waals surface area (Å²) in [6, 6.07) is 4.07. The lowest BCUT2D eigenvalue weighted by atomic mass is 10.4. The zero-order chi connectivity index (χ0) is 16.4. The highest BCUT2D eigenvalue weighted by Gasteiger charge is 2.05. The fourth-order valence-electron chi connectivity index (χ4n) is 1.62. The third kappa shape index (κ3) is 7.54. The molecule has 0 spiro atoms. The molecule has 0 amide bonds. The summed E-state index contributed by atoms with van der Waals surface area (Å²) in [6.07, 6.45) is 1.87. The number of aromatic nitrogens is 1. The molecule has 1 heterocycles. The van der Waals surface area contributed by atoms with Crippen LogP contribution in [0.2, 0.25) is 0 Å². The first-order chi connectivity index (χ1) is 9.90. The fraction of sp³-hybridized carbons (Fsp3) is 0.625. The van der Waals surface area contributed by atoms with Crippen LogP contribution < -0.4 is 0 Å². The van der Waals surface area contributed by atoms with Crippen molar-refractivity contribution in [3.63, 3.8) is 0 Å². The first kappa shape index (κ1) is 19.2. The van der Waals surface area contributed by atoms with Crippen LogP contribution in [0.15, 0.2) is 28.3 Å². The fourth-order valence-corrected chi connectivity index (χ4v) is 1.62. The molecule has 5 nitrogen and oxygen atoms in total. The van der Waals surface area contributed by atoms with E-state index in [4.69, 9.17) is 0 Å². The SMILES string of the molecule is C/C(=N\C(C)/N=C(\C)N(C)Cc1ccc[nH]1)N(C)C.CC. The molecule has 0 saturated carbocycles. The minimum atomic E-state index is -0.0616. The Morgan fingerprint density at radius 1 is 1.14 bits per heavy atom. The summed E-state index contributed by atoms with van der Waals surface area (Å²) in [4.78, 5) is 16.4. The van der Waals surface area contributed by atoms with Gasteiger partial charge in [0.2, 0.25) is 0 Å². The van der Waals surface area contributed by atoms with E-state index < -0.39 is 0 Å². The average Bonchev–Trinajstić information content (AvgIpc) is 2.93. The molecular weight excluding hydrogens is 262 g/mol. The van der Waals surface area contributed by atoms with Crippen LogP contribution in [0.3, 0.4) is 0 Å². The number of nitrogens with one attached hydrogen (secondary N) is 1. The average molecular weight is 293 g/mol. The molecule has 1 unspecified atom stereocenters. The van der Waals surface area contributed by atoms with Gasteiger partial charge in [-0.25, -0.2) is 9.98 Å². The zero-order valence-electron chi connectivity index (χ0n) is 14.8. The maximum Gasteiger partial charge on any atom is 0.140 e. The highest BCUT2D eigenvalue weighted by Crippen LogP contribution is 2.03. The summed E-state index contributed by atoms with van der Waals surface area (Å²) >= 11 is 0. The van der Waals surface area contributed by atoms with Crippen LogP contribution in [0.4, 0.5) is 0 Å². The van der Waals surface area contributed by atoms with Crippen LogP contribution in [-0.2, 0) is 6.54 Å². The Bertz CT molecular complexity index is 432. The van der Waals surface area contributed by atoms with Crippen molar-refractivity contribution in [3.8, 4) is 0 Å². The maximum atomic E-state index is 4.59. The lowest BCUT2D eigenvalue weighted by molar-refractivity contribution is 0.485. The van der Waals surface area contributed by atoms with Crippen LogP contribution in [0.5, 0.6) is 0 Å². The highest BCUT2D eigenvalue weighted by molar-refractivity contribution is 5.81. The second kappa shape index (κ2) is 10.0. The Hall–Kier alpha value is -1.78. The molecule has 0 bridgehead atoms. The number of nitrogens with zero attached hydrogens (tertiary/aromatic N) is 4. The van der Waals surface area contributed by atoms with Gasteiger partial charge < -0.3 is 14.8 Å². The molecule has 1 aromatic heterocycles. The first-order valence-electron chi connectivity index (χ1n) is 7.49. The Labute approximate surface area is 129 Å². The van der Waals surface area contributed by atoms with Crippen molar-refractivity contribution < 1.29 is 0 Å². The Morgan fingerprint density at radius 2 is 1.71 bits per heavy atom. The third-order valence-electron chi connectivity index (χ3n) is 3.02. The van der Waals surface area contributed by atoms with Crippen molar-refractivity contribution in [2.75, 3.05) is 21.1 Å². The molecule has 0 aromatic carbocycles. The summed E-state index contributed by atoms with van der Waals surface area (Å²) in [7, 11) is 6.01. The molecule has 1 atom stereocenters. The molecule has 0 fully saturated rings. The van der Waals surface area contributed by atoms with Gasteiger partial charge in [0.05, 0.1) is 18.2 Å². The van der Waals surface area contributed by atoms with E-state index in [1.807, 2.05) is 72.9 Å². The van der Waals surface area contributed by atoms with E-state index in [1.165, 1.54) is 5.69 Å². The molecule has 1 aromatic rings. The second-order valence-electron chi connectivity index (χ2n) is 4.93. The first-order valence-corrected chi connectivity index (χ1v) is 7.49. The van der Waals surface area contributed by atoms with E-state index >= 15 is 0 Å². The van der Waals surface area contributed by atoms with Gasteiger partial charge in [-0.2, -0.15) is 0 Å². The Balaban J connectivity index is 0.00000191. The zero-order valence-corrected chi connectivity index (χ0v) is 14.8. The van der Waals surface area contributed by atoms with Gasteiger partial charge in [0.1, 0.15) is 6.17 Å². The summed E-state index contributed by atoms with van der Waals surface area (Å²) in [5.41, 5.74) is 1.18. The van der Waals surface area contributed by atoms with E-state index in [9.17, 15) is 0 Å². The van der Waals surface area contributed by atoms with E-state index in [2.05, 4.69) is 25.9 Å². The molecule has 0 aliphatic rings. The smallest absolute Gasteiger partial charge is 0.140 e. The van der Waals surface area contributed by atoms with Gasteiger partial charge in [-0.3, -0.25) is 0 Å². The predicted molar refractivity (Wildman–Crippen MR) is 93.0 cm³/mol. The number of hydrogen-bond acceptors (Lipinski definition) is 2. The quantitative estimate of drug-likeness (QED) is 0.684.